The topological polar surface area (TPSA) is 71.5 Å². The van der Waals surface area contributed by atoms with Gasteiger partial charge in [-0.25, -0.2) is 4.98 Å². The van der Waals surface area contributed by atoms with Gasteiger partial charge in [0.25, 0.3) is 5.91 Å². The number of hydrogen-bond acceptors (Lipinski definition) is 5. The summed E-state index contributed by atoms with van der Waals surface area (Å²) in [6.07, 6.45) is 0.753. The average molecular weight is 504 g/mol. The number of amides is 2. The van der Waals surface area contributed by atoms with E-state index in [1.165, 1.54) is 10.5 Å². The predicted molar refractivity (Wildman–Crippen MR) is 139 cm³/mol. The molecule has 1 aliphatic rings. The third kappa shape index (κ3) is 4.92. The molecule has 0 saturated carbocycles. The van der Waals surface area contributed by atoms with E-state index in [4.69, 9.17) is 21.3 Å². The third-order valence-corrected chi connectivity index (χ3v) is 6.96. The Morgan fingerprint density at radius 3 is 2.71 bits per heavy atom. The van der Waals surface area contributed by atoms with Crippen molar-refractivity contribution in [3.63, 3.8) is 0 Å². The van der Waals surface area contributed by atoms with E-state index in [2.05, 4.69) is 17.4 Å². The molecule has 176 valence electrons. The molecule has 0 radical (unpaired) electrons. The van der Waals surface area contributed by atoms with E-state index >= 15 is 0 Å². The monoisotopic (exact) mass is 503 g/mol. The van der Waals surface area contributed by atoms with Crippen molar-refractivity contribution in [2.45, 2.75) is 19.4 Å². The van der Waals surface area contributed by atoms with Gasteiger partial charge in [-0.15, -0.1) is 11.3 Å². The van der Waals surface area contributed by atoms with Crippen LogP contribution in [0.5, 0.6) is 5.75 Å². The summed E-state index contributed by atoms with van der Waals surface area (Å²) in [6.45, 7) is 1.56. The molecule has 6 nitrogen and oxygen atoms in total. The highest BCUT2D eigenvalue weighted by Crippen LogP contribution is 2.38. The van der Waals surface area contributed by atoms with Crippen molar-refractivity contribution in [2.24, 2.45) is 0 Å². The van der Waals surface area contributed by atoms with Crippen molar-refractivity contribution >= 4 is 46.1 Å². The minimum absolute atomic E-state index is 0.131. The van der Waals surface area contributed by atoms with Crippen LogP contribution in [0.15, 0.2) is 78.2 Å². The number of nitrogens with one attached hydrogen (secondary N) is 1. The van der Waals surface area contributed by atoms with Gasteiger partial charge in [-0.1, -0.05) is 54.1 Å². The molecule has 5 rings (SSSR count). The van der Waals surface area contributed by atoms with E-state index in [-0.39, 0.29) is 18.4 Å². The number of carbonyl (C=O) groups excluding carboxylic acids is 2. The molecule has 3 aromatic carbocycles. The number of benzene rings is 3. The number of rotatable bonds is 6. The van der Waals surface area contributed by atoms with Crippen LogP contribution in [0.2, 0.25) is 5.02 Å². The number of carbonyl (C=O) groups is 2. The van der Waals surface area contributed by atoms with Gasteiger partial charge < -0.3 is 10.1 Å². The van der Waals surface area contributed by atoms with Crippen LogP contribution in [0.25, 0.3) is 11.3 Å². The van der Waals surface area contributed by atoms with E-state index < -0.39 is 6.04 Å². The lowest BCUT2D eigenvalue weighted by molar-refractivity contribution is -0.125. The Balaban J connectivity index is 1.41. The maximum atomic E-state index is 13.0. The van der Waals surface area contributed by atoms with E-state index in [1.807, 2.05) is 41.8 Å². The number of para-hydroxylation sites is 1. The Labute approximate surface area is 212 Å². The lowest BCUT2D eigenvalue weighted by Gasteiger charge is -2.33. The van der Waals surface area contributed by atoms with E-state index in [0.29, 0.717) is 22.1 Å². The molecule has 1 unspecified atom stereocenters. The maximum absolute atomic E-state index is 13.0. The summed E-state index contributed by atoms with van der Waals surface area (Å²) in [5.74, 6) is -0.0894. The molecule has 0 spiro atoms. The van der Waals surface area contributed by atoms with Gasteiger partial charge in [0.1, 0.15) is 11.8 Å². The molecule has 2 amide bonds. The zero-order valence-electron chi connectivity index (χ0n) is 18.9. The second kappa shape index (κ2) is 9.90. The first-order valence-corrected chi connectivity index (χ1v) is 12.4. The number of nitrogens with zero attached hydrogens (tertiary/aromatic N) is 2. The van der Waals surface area contributed by atoms with Gasteiger partial charge in [0, 0.05) is 17.4 Å². The predicted octanol–water partition coefficient (Wildman–Crippen LogP) is 5.81. The van der Waals surface area contributed by atoms with Gasteiger partial charge in [0.15, 0.2) is 6.61 Å². The van der Waals surface area contributed by atoms with Crippen LogP contribution >= 0.6 is 22.9 Å². The Hall–Kier alpha value is -3.68. The zero-order chi connectivity index (χ0) is 24.4. The standard InChI is InChI=1S/C27H22ClN3O3S/c1-17(27(33)30-21-10-6-5-9-20(21)28)31-23-14-19(11-12-24(23)34-15-26(31)32)22-16-35-25(29-22)13-18-7-3-2-4-8-18/h2-12,14,16-17H,13,15H2,1H3,(H,30,33). The van der Waals surface area contributed by atoms with Crippen LogP contribution in [0.4, 0.5) is 11.4 Å². The van der Waals surface area contributed by atoms with Gasteiger partial charge in [0.05, 0.1) is 27.1 Å². The molecule has 1 atom stereocenters. The van der Waals surface area contributed by atoms with Crippen molar-refractivity contribution in [1.29, 1.82) is 0 Å². The molecule has 1 N–H and O–H groups in total. The number of halogens is 1. The van der Waals surface area contributed by atoms with E-state index in [9.17, 15) is 9.59 Å². The van der Waals surface area contributed by atoms with Crippen LogP contribution in [-0.2, 0) is 16.0 Å². The molecule has 0 bridgehead atoms. The van der Waals surface area contributed by atoms with Gasteiger partial charge in [-0.3, -0.25) is 14.5 Å². The Morgan fingerprint density at radius 2 is 1.91 bits per heavy atom. The van der Waals surface area contributed by atoms with Crippen molar-refractivity contribution in [3.05, 3.63) is 93.8 Å². The summed E-state index contributed by atoms with van der Waals surface area (Å²) >= 11 is 7.78. The fraction of sp³-hybridized carbons (Fsp3) is 0.148. The molecule has 1 aromatic heterocycles. The number of anilines is 2. The Morgan fingerprint density at radius 1 is 1.14 bits per heavy atom. The van der Waals surface area contributed by atoms with Crippen LogP contribution in [0.3, 0.4) is 0 Å². The van der Waals surface area contributed by atoms with E-state index in [0.717, 1.165) is 22.7 Å². The molecule has 0 saturated heterocycles. The fourth-order valence-corrected chi connectivity index (χ4v) is 4.99. The first-order chi connectivity index (χ1) is 17.0. The summed E-state index contributed by atoms with van der Waals surface area (Å²) in [4.78, 5) is 32.2. The largest absolute Gasteiger partial charge is 0.482 e. The van der Waals surface area contributed by atoms with Crippen LogP contribution in [-0.4, -0.2) is 29.4 Å². The number of thiazole rings is 1. The second-order valence-corrected chi connectivity index (χ2v) is 9.52. The molecular weight excluding hydrogens is 482 g/mol. The minimum atomic E-state index is -0.777. The van der Waals surface area contributed by atoms with Crippen molar-refractivity contribution < 1.29 is 14.3 Å². The summed E-state index contributed by atoms with van der Waals surface area (Å²) < 4.78 is 5.65. The van der Waals surface area contributed by atoms with E-state index in [1.54, 1.807) is 42.5 Å². The summed E-state index contributed by atoms with van der Waals surface area (Å²) in [6, 6.07) is 22.0. The zero-order valence-corrected chi connectivity index (χ0v) is 20.5. The Kier molecular flexibility index (Phi) is 6.53. The van der Waals surface area contributed by atoms with Crippen LogP contribution < -0.4 is 15.0 Å². The maximum Gasteiger partial charge on any atom is 0.265 e. The first-order valence-electron chi connectivity index (χ1n) is 11.1. The minimum Gasteiger partial charge on any atom is -0.482 e. The molecule has 8 heteroatoms. The van der Waals surface area contributed by atoms with Gasteiger partial charge >= 0.3 is 0 Å². The smallest absolute Gasteiger partial charge is 0.265 e. The molecule has 0 aliphatic carbocycles. The highest BCUT2D eigenvalue weighted by molar-refractivity contribution is 7.10. The number of fused-ring (bicyclic) bond motifs is 1. The first kappa shape index (κ1) is 23.1. The van der Waals surface area contributed by atoms with Crippen molar-refractivity contribution in [1.82, 2.24) is 4.98 Å². The lowest BCUT2D eigenvalue weighted by atomic mass is 10.1. The lowest BCUT2D eigenvalue weighted by Crippen LogP contribution is -2.49. The highest BCUT2D eigenvalue weighted by atomic mass is 35.5. The van der Waals surface area contributed by atoms with Gasteiger partial charge in [-0.05, 0) is 42.8 Å². The number of ether oxygens (including phenoxy) is 1. The number of aromatic nitrogens is 1. The van der Waals surface area contributed by atoms with Crippen LogP contribution in [0, 0.1) is 0 Å². The third-order valence-electron chi connectivity index (χ3n) is 5.78. The molecule has 4 aromatic rings. The Bertz CT molecular complexity index is 1390. The quantitative estimate of drug-likeness (QED) is 0.360. The summed E-state index contributed by atoms with van der Waals surface area (Å²) in [7, 11) is 0. The molecule has 2 heterocycles. The fourth-order valence-electron chi connectivity index (χ4n) is 3.97. The molecule has 1 aliphatic heterocycles. The molecule has 0 fully saturated rings. The SMILES string of the molecule is CC(C(=O)Nc1ccccc1Cl)N1C(=O)COc2ccc(-c3csc(Cc4ccccc4)n3)cc21. The number of hydrogen-bond donors (Lipinski definition) is 1. The molecular formula is C27H22ClN3O3S. The summed E-state index contributed by atoms with van der Waals surface area (Å²) in [5.41, 5.74) is 3.89. The normalized spacial score (nSPS) is 13.7. The van der Waals surface area contributed by atoms with Crippen molar-refractivity contribution in [2.75, 3.05) is 16.8 Å². The summed E-state index contributed by atoms with van der Waals surface area (Å²) in [5, 5.41) is 6.25. The van der Waals surface area contributed by atoms with Gasteiger partial charge in [-0.2, -0.15) is 0 Å². The van der Waals surface area contributed by atoms with Crippen molar-refractivity contribution in [3.8, 4) is 17.0 Å². The average Bonchev–Trinajstić information content (AvgIpc) is 3.33. The highest BCUT2D eigenvalue weighted by Gasteiger charge is 2.33. The van der Waals surface area contributed by atoms with Crippen LogP contribution in [0.1, 0.15) is 17.5 Å². The second-order valence-electron chi connectivity index (χ2n) is 8.17. The van der Waals surface area contributed by atoms with Gasteiger partial charge in [0.2, 0.25) is 5.91 Å². The molecule has 35 heavy (non-hydrogen) atoms.